The summed E-state index contributed by atoms with van der Waals surface area (Å²) in [6, 6.07) is 18.9. The van der Waals surface area contributed by atoms with Crippen molar-refractivity contribution in [1.82, 2.24) is 24.5 Å². The molecule has 11 heteroatoms. The number of imidazole rings is 1. The number of fused-ring (bicyclic) bond motifs is 1. The number of anilines is 4. The Morgan fingerprint density at radius 2 is 1.41 bits per heavy atom. The largest absolute Gasteiger partial charge is 0.495 e. The molecule has 5 rings (SSSR count). The van der Waals surface area contributed by atoms with Gasteiger partial charge in [-0.1, -0.05) is 24.3 Å². The maximum absolute atomic E-state index is 5.50. The molecule has 0 fully saturated rings. The summed E-state index contributed by atoms with van der Waals surface area (Å²) in [5, 5.41) is 6.54. The molecule has 2 heterocycles. The molecule has 3 aromatic carbocycles. The van der Waals surface area contributed by atoms with Crippen LogP contribution in [0.2, 0.25) is 0 Å². The van der Waals surface area contributed by atoms with Crippen LogP contribution >= 0.6 is 0 Å². The second-order valence-electron chi connectivity index (χ2n) is 7.73. The highest BCUT2D eigenvalue weighted by Gasteiger charge is 2.18. The highest BCUT2D eigenvalue weighted by Crippen LogP contribution is 2.40. The van der Waals surface area contributed by atoms with Crippen molar-refractivity contribution >= 4 is 34.3 Å². The molecule has 0 unspecified atom stereocenters. The van der Waals surface area contributed by atoms with E-state index >= 15 is 0 Å². The summed E-state index contributed by atoms with van der Waals surface area (Å²) >= 11 is 0. The van der Waals surface area contributed by atoms with Crippen LogP contribution in [0.1, 0.15) is 0 Å². The van der Waals surface area contributed by atoms with Gasteiger partial charge in [0.05, 0.1) is 45.2 Å². The Labute approximate surface area is 213 Å². The van der Waals surface area contributed by atoms with E-state index in [4.69, 9.17) is 23.9 Å². The van der Waals surface area contributed by atoms with Crippen LogP contribution in [0.5, 0.6) is 23.0 Å². The van der Waals surface area contributed by atoms with Gasteiger partial charge in [-0.05, 0) is 24.3 Å². The Hall–Kier alpha value is -5.06. The minimum Gasteiger partial charge on any atom is -0.495 e. The zero-order valence-electron chi connectivity index (χ0n) is 20.7. The molecule has 0 aliphatic carbocycles. The Balaban J connectivity index is 1.56. The molecule has 2 N–H and O–H groups in total. The minimum absolute atomic E-state index is 0.320. The maximum atomic E-state index is 5.50. The van der Waals surface area contributed by atoms with Crippen molar-refractivity contribution in [3.8, 4) is 28.9 Å². The fourth-order valence-electron chi connectivity index (χ4n) is 3.92. The summed E-state index contributed by atoms with van der Waals surface area (Å²) in [5.41, 5.74) is 3.00. The van der Waals surface area contributed by atoms with Gasteiger partial charge in [0.25, 0.3) is 0 Å². The molecule has 0 spiro atoms. The van der Waals surface area contributed by atoms with Crippen LogP contribution in [-0.4, -0.2) is 52.9 Å². The van der Waals surface area contributed by atoms with E-state index in [1.807, 2.05) is 53.1 Å². The van der Waals surface area contributed by atoms with Crippen molar-refractivity contribution in [2.75, 3.05) is 39.1 Å². The number of aromatic nitrogens is 5. The third-order valence-electron chi connectivity index (χ3n) is 5.59. The first-order valence-corrected chi connectivity index (χ1v) is 11.3. The zero-order valence-corrected chi connectivity index (χ0v) is 20.7. The monoisotopic (exact) mass is 499 g/mol. The molecule has 5 aromatic rings. The number of para-hydroxylation sites is 4. The number of rotatable bonds is 9. The van der Waals surface area contributed by atoms with Crippen molar-refractivity contribution in [3.63, 3.8) is 0 Å². The van der Waals surface area contributed by atoms with E-state index in [1.165, 1.54) is 6.33 Å². The fraction of sp³-hybridized carbons (Fsp3) is 0.154. The van der Waals surface area contributed by atoms with E-state index in [9.17, 15) is 0 Å². The lowest BCUT2D eigenvalue weighted by Crippen LogP contribution is -2.09. The van der Waals surface area contributed by atoms with Gasteiger partial charge in [0.2, 0.25) is 23.6 Å². The lowest BCUT2D eigenvalue weighted by atomic mass is 10.2. The molecule has 0 aliphatic rings. The molecule has 11 nitrogen and oxygen atoms in total. The quantitative estimate of drug-likeness (QED) is 0.295. The average Bonchev–Trinajstić information content (AvgIpc) is 3.30. The molecule has 0 atom stereocenters. The smallest absolute Gasteiger partial charge is 0.241 e. The van der Waals surface area contributed by atoms with E-state index in [0.29, 0.717) is 46.5 Å². The summed E-state index contributed by atoms with van der Waals surface area (Å²) in [6.45, 7) is 0. The standard InChI is InChI=1S/C26H25N7O4/c1-34-20-12-8-6-10-18(20)31-26-30-17-9-5-7-11-19(17)33(26)25-28-15-27-24(32-25)29-16-13-21(35-2)23(37-4)22(14-16)36-3/h5-15H,1-4H3,(H,30,31)(H,27,28,29,32). The first-order valence-electron chi connectivity index (χ1n) is 11.3. The van der Waals surface area contributed by atoms with Gasteiger partial charge in [-0.25, -0.2) is 19.5 Å². The topological polar surface area (TPSA) is 117 Å². The van der Waals surface area contributed by atoms with Crippen molar-refractivity contribution in [3.05, 3.63) is 67.0 Å². The van der Waals surface area contributed by atoms with Gasteiger partial charge in [-0.3, -0.25) is 0 Å². The van der Waals surface area contributed by atoms with E-state index in [-0.39, 0.29) is 0 Å². The second-order valence-corrected chi connectivity index (χ2v) is 7.73. The van der Waals surface area contributed by atoms with Gasteiger partial charge in [0.15, 0.2) is 11.5 Å². The van der Waals surface area contributed by atoms with Crippen LogP contribution in [0.3, 0.4) is 0 Å². The molecular weight excluding hydrogens is 474 g/mol. The number of nitrogens with one attached hydrogen (secondary N) is 2. The minimum atomic E-state index is 0.320. The molecule has 2 aromatic heterocycles. The third kappa shape index (κ3) is 4.61. The van der Waals surface area contributed by atoms with Crippen molar-refractivity contribution in [2.45, 2.75) is 0 Å². The van der Waals surface area contributed by atoms with Gasteiger partial charge >= 0.3 is 0 Å². The van der Waals surface area contributed by atoms with Crippen LogP contribution in [0.4, 0.5) is 23.3 Å². The first kappa shape index (κ1) is 23.7. The van der Waals surface area contributed by atoms with E-state index < -0.39 is 0 Å². The highest BCUT2D eigenvalue weighted by atomic mass is 16.5. The molecule has 0 radical (unpaired) electrons. The number of benzene rings is 3. The molecule has 188 valence electrons. The first-order chi connectivity index (χ1) is 18.1. The number of hydrogen-bond acceptors (Lipinski definition) is 10. The maximum Gasteiger partial charge on any atom is 0.241 e. The fourth-order valence-corrected chi connectivity index (χ4v) is 3.92. The van der Waals surface area contributed by atoms with Crippen LogP contribution in [0, 0.1) is 0 Å². The Bertz CT molecular complexity index is 1530. The van der Waals surface area contributed by atoms with Gasteiger partial charge < -0.3 is 29.6 Å². The Kier molecular flexibility index (Phi) is 6.58. The molecule has 37 heavy (non-hydrogen) atoms. The third-order valence-corrected chi connectivity index (χ3v) is 5.59. The summed E-state index contributed by atoms with van der Waals surface area (Å²) in [5.74, 6) is 3.39. The van der Waals surface area contributed by atoms with E-state index in [0.717, 1.165) is 16.7 Å². The normalized spacial score (nSPS) is 10.7. The molecule has 0 amide bonds. The number of hydrogen-bond donors (Lipinski definition) is 2. The summed E-state index contributed by atoms with van der Waals surface area (Å²) in [6.07, 6.45) is 1.43. The predicted molar refractivity (Wildman–Crippen MR) is 140 cm³/mol. The second kappa shape index (κ2) is 10.3. The highest BCUT2D eigenvalue weighted by molar-refractivity contribution is 5.82. The molecule has 0 aliphatic heterocycles. The molecule has 0 saturated carbocycles. The number of ether oxygens (including phenoxy) is 4. The lowest BCUT2D eigenvalue weighted by molar-refractivity contribution is 0.324. The van der Waals surface area contributed by atoms with Crippen LogP contribution < -0.4 is 29.6 Å². The zero-order chi connectivity index (χ0) is 25.8. The van der Waals surface area contributed by atoms with Gasteiger partial charge in [-0.2, -0.15) is 4.98 Å². The predicted octanol–water partition coefficient (Wildman–Crippen LogP) is 4.73. The summed E-state index contributed by atoms with van der Waals surface area (Å²) in [4.78, 5) is 18.2. The summed E-state index contributed by atoms with van der Waals surface area (Å²) < 4.78 is 23.6. The molecule has 0 saturated heterocycles. The van der Waals surface area contributed by atoms with E-state index in [2.05, 4.69) is 25.6 Å². The molecule has 0 bridgehead atoms. The van der Waals surface area contributed by atoms with Crippen molar-refractivity contribution in [2.24, 2.45) is 0 Å². The SMILES string of the molecule is COc1ccccc1Nc1nc2ccccc2n1-c1ncnc(Nc2cc(OC)c(OC)c(OC)c2)n1. The van der Waals surface area contributed by atoms with Crippen molar-refractivity contribution < 1.29 is 18.9 Å². The van der Waals surface area contributed by atoms with Crippen LogP contribution in [0.25, 0.3) is 17.0 Å². The van der Waals surface area contributed by atoms with Gasteiger partial charge in [0, 0.05) is 17.8 Å². The van der Waals surface area contributed by atoms with Crippen molar-refractivity contribution in [1.29, 1.82) is 0 Å². The molecular formula is C26H25N7O4. The Morgan fingerprint density at radius 1 is 0.703 bits per heavy atom. The van der Waals surface area contributed by atoms with Crippen LogP contribution in [-0.2, 0) is 0 Å². The van der Waals surface area contributed by atoms with Gasteiger partial charge in [0.1, 0.15) is 12.1 Å². The van der Waals surface area contributed by atoms with E-state index in [1.54, 1.807) is 40.6 Å². The van der Waals surface area contributed by atoms with Gasteiger partial charge in [-0.15, -0.1) is 0 Å². The average molecular weight is 500 g/mol. The number of nitrogens with zero attached hydrogens (tertiary/aromatic N) is 5. The van der Waals surface area contributed by atoms with Crippen LogP contribution in [0.15, 0.2) is 67.0 Å². The Morgan fingerprint density at radius 3 is 2.14 bits per heavy atom. The lowest BCUT2D eigenvalue weighted by Gasteiger charge is -2.15. The number of methoxy groups -OCH3 is 4. The summed E-state index contributed by atoms with van der Waals surface area (Å²) in [7, 11) is 6.29.